The second-order valence-corrected chi connectivity index (χ2v) is 4.75. The van der Waals surface area contributed by atoms with Crippen molar-refractivity contribution in [3.8, 4) is 0 Å². The summed E-state index contributed by atoms with van der Waals surface area (Å²) < 4.78 is 9.78. The zero-order valence-electron chi connectivity index (χ0n) is 13.9. The molecule has 0 aromatic rings. The highest BCUT2D eigenvalue weighted by molar-refractivity contribution is 5.78. The molecule has 0 heterocycles. The Morgan fingerprint density at radius 2 is 1.67 bits per heavy atom. The van der Waals surface area contributed by atoms with E-state index in [0.29, 0.717) is 19.7 Å². The normalized spacial score (nSPS) is 10.7. The molecule has 0 radical (unpaired) electrons. The fourth-order valence-electron chi connectivity index (χ4n) is 2.06. The predicted octanol–water partition coefficient (Wildman–Crippen LogP) is 1.15. The number of nitrogens with zero attached hydrogens (tertiary/aromatic N) is 2. The highest BCUT2D eigenvalue weighted by atomic mass is 16.5. The van der Waals surface area contributed by atoms with E-state index in [0.717, 1.165) is 26.1 Å². The van der Waals surface area contributed by atoms with Gasteiger partial charge in [0.15, 0.2) is 0 Å². The molecule has 0 saturated carbocycles. The topological polar surface area (TPSA) is 59.1 Å². The van der Waals surface area contributed by atoms with E-state index in [4.69, 9.17) is 9.47 Å². The largest absolute Gasteiger partial charge is 0.466 e. The fraction of sp³-hybridized carbons (Fsp3) is 0.867. The lowest BCUT2D eigenvalue weighted by Gasteiger charge is -2.24. The molecule has 1 amide bonds. The van der Waals surface area contributed by atoms with E-state index in [9.17, 15) is 9.59 Å². The van der Waals surface area contributed by atoms with E-state index >= 15 is 0 Å². The summed E-state index contributed by atoms with van der Waals surface area (Å²) in [5.74, 6) is -0.349. The Bertz CT molecular complexity index is 293. The van der Waals surface area contributed by atoms with Crippen molar-refractivity contribution in [1.82, 2.24) is 9.80 Å². The van der Waals surface area contributed by atoms with Crippen molar-refractivity contribution < 1.29 is 19.1 Å². The minimum Gasteiger partial charge on any atom is -0.466 e. The third-order valence-corrected chi connectivity index (χ3v) is 3.31. The maximum Gasteiger partial charge on any atom is 0.307 e. The summed E-state index contributed by atoms with van der Waals surface area (Å²) in [7, 11) is 1.50. The summed E-state index contributed by atoms with van der Waals surface area (Å²) in [6, 6.07) is 0. The minimum atomic E-state index is -0.267. The van der Waals surface area contributed by atoms with E-state index < -0.39 is 0 Å². The molecule has 0 aromatic carbocycles. The maximum absolute atomic E-state index is 12.0. The van der Waals surface area contributed by atoms with Gasteiger partial charge < -0.3 is 19.3 Å². The number of rotatable bonds is 12. The second-order valence-electron chi connectivity index (χ2n) is 4.75. The Labute approximate surface area is 128 Å². The van der Waals surface area contributed by atoms with Crippen molar-refractivity contribution in [2.45, 2.75) is 33.6 Å². The molecule has 0 saturated heterocycles. The highest BCUT2D eigenvalue weighted by Gasteiger charge is 2.15. The third kappa shape index (κ3) is 9.42. The van der Waals surface area contributed by atoms with E-state index in [-0.39, 0.29) is 24.9 Å². The summed E-state index contributed by atoms with van der Waals surface area (Å²) in [6.07, 6.45) is 1.12. The molecule has 6 heteroatoms. The lowest BCUT2D eigenvalue weighted by Crippen LogP contribution is -2.38. The van der Waals surface area contributed by atoms with Crippen LogP contribution >= 0.6 is 0 Å². The number of carbonyl (C=O) groups is 2. The molecule has 0 aliphatic carbocycles. The molecule has 124 valence electrons. The molecular formula is C15H30N2O4. The van der Waals surface area contributed by atoms with Crippen LogP contribution < -0.4 is 0 Å². The molecule has 0 aliphatic rings. The van der Waals surface area contributed by atoms with Crippen molar-refractivity contribution in [2.24, 2.45) is 0 Å². The Hall–Kier alpha value is -1.14. The minimum absolute atomic E-state index is 0.0497. The summed E-state index contributed by atoms with van der Waals surface area (Å²) in [5, 5.41) is 0. The van der Waals surface area contributed by atoms with E-state index in [1.165, 1.54) is 7.11 Å². The Kier molecular flexibility index (Phi) is 11.9. The van der Waals surface area contributed by atoms with Gasteiger partial charge in [-0.15, -0.1) is 0 Å². The SMILES string of the molecule is CCOC(=O)CCN(CCCN(CC)CC)C(=O)COC. The number of carbonyl (C=O) groups excluding carboxylic acids is 2. The maximum atomic E-state index is 12.0. The number of amides is 1. The van der Waals surface area contributed by atoms with Gasteiger partial charge in [-0.2, -0.15) is 0 Å². The van der Waals surface area contributed by atoms with Gasteiger partial charge in [-0.1, -0.05) is 13.8 Å². The van der Waals surface area contributed by atoms with Crippen LogP contribution in [0.25, 0.3) is 0 Å². The van der Waals surface area contributed by atoms with Gasteiger partial charge in [0.05, 0.1) is 13.0 Å². The summed E-state index contributed by atoms with van der Waals surface area (Å²) in [5.41, 5.74) is 0. The first-order chi connectivity index (χ1) is 10.1. The molecule has 0 bridgehead atoms. The molecule has 0 spiro atoms. The third-order valence-electron chi connectivity index (χ3n) is 3.31. The van der Waals surface area contributed by atoms with E-state index in [1.807, 2.05) is 0 Å². The van der Waals surface area contributed by atoms with Gasteiger partial charge in [-0.25, -0.2) is 0 Å². The lowest BCUT2D eigenvalue weighted by molar-refractivity contribution is -0.144. The first kappa shape index (κ1) is 19.9. The van der Waals surface area contributed by atoms with Gasteiger partial charge >= 0.3 is 5.97 Å². The van der Waals surface area contributed by atoms with Crippen LogP contribution in [0.5, 0.6) is 0 Å². The van der Waals surface area contributed by atoms with Crippen LogP contribution in [-0.2, 0) is 19.1 Å². The van der Waals surface area contributed by atoms with Crippen molar-refractivity contribution >= 4 is 11.9 Å². The molecule has 0 atom stereocenters. The molecule has 0 aliphatic heterocycles. The van der Waals surface area contributed by atoms with Crippen molar-refractivity contribution in [3.05, 3.63) is 0 Å². The van der Waals surface area contributed by atoms with Gasteiger partial charge in [-0.05, 0) is 33.0 Å². The molecule has 0 aromatic heterocycles. The number of ether oxygens (including phenoxy) is 2. The smallest absolute Gasteiger partial charge is 0.307 e. The van der Waals surface area contributed by atoms with Gasteiger partial charge in [-0.3, -0.25) is 9.59 Å². The average Bonchev–Trinajstić information content (AvgIpc) is 2.47. The van der Waals surface area contributed by atoms with Crippen LogP contribution in [0.1, 0.15) is 33.6 Å². The van der Waals surface area contributed by atoms with E-state index in [1.54, 1.807) is 11.8 Å². The zero-order valence-corrected chi connectivity index (χ0v) is 13.9. The summed E-state index contributed by atoms with van der Waals surface area (Å²) in [6.45, 7) is 10.4. The standard InChI is InChI=1S/C15H30N2O4/c1-5-16(6-2)10-8-11-17(14(18)13-20-4)12-9-15(19)21-7-3/h5-13H2,1-4H3. The molecule has 0 rings (SSSR count). The summed E-state index contributed by atoms with van der Waals surface area (Å²) in [4.78, 5) is 27.4. The van der Waals surface area contributed by atoms with Gasteiger partial charge in [0.25, 0.3) is 0 Å². The molecule has 6 nitrogen and oxygen atoms in total. The molecule has 0 N–H and O–H groups in total. The predicted molar refractivity (Wildman–Crippen MR) is 82.1 cm³/mol. The van der Waals surface area contributed by atoms with Gasteiger partial charge in [0.1, 0.15) is 6.61 Å². The fourth-order valence-corrected chi connectivity index (χ4v) is 2.06. The molecule has 0 fully saturated rings. The summed E-state index contributed by atoms with van der Waals surface area (Å²) >= 11 is 0. The lowest BCUT2D eigenvalue weighted by atomic mass is 10.3. The second kappa shape index (κ2) is 12.6. The number of hydrogen-bond acceptors (Lipinski definition) is 5. The number of hydrogen-bond donors (Lipinski definition) is 0. The molecule has 21 heavy (non-hydrogen) atoms. The average molecular weight is 302 g/mol. The molecule has 0 unspecified atom stereocenters. The van der Waals surface area contributed by atoms with Crippen LogP contribution in [0.2, 0.25) is 0 Å². The van der Waals surface area contributed by atoms with Crippen LogP contribution in [0.15, 0.2) is 0 Å². The Morgan fingerprint density at radius 1 is 1.00 bits per heavy atom. The first-order valence-electron chi connectivity index (χ1n) is 7.73. The zero-order chi connectivity index (χ0) is 16.1. The molecular weight excluding hydrogens is 272 g/mol. The van der Waals surface area contributed by atoms with Gasteiger partial charge in [0.2, 0.25) is 5.91 Å². The van der Waals surface area contributed by atoms with E-state index in [2.05, 4.69) is 18.7 Å². The van der Waals surface area contributed by atoms with Gasteiger partial charge in [0, 0.05) is 20.2 Å². The highest BCUT2D eigenvalue weighted by Crippen LogP contribution is 2.00. The van der Waals surface area contributed by atoms with Crippen LogP contribution in [0.3, 0.4) is 0 Å². The monoisotopic (exact) mass is 302 g/mol. The number of esters is 1. The Balaban J connectivity index is 4.26. The first-order valence-corrected chi connectivity index (χ1v) is 7.73. The quantitative estimate of drug-likeness (QED) is 0.506. The number of methoxy groups -OCH3 is 1. The van der Waals surface area contributed by atoms with Crippen LogP contribution in [-0.4, -0.2) is 74.7 Å². The van der Waals surface area contributed by atoms with Crippen LogP contribution in [0, 0.1) is 0 Å². The van der Waals surface area contributed by atoms with Crippen LogP contribution in [0.4, 0.5) is 0 Å². The van der Waals surface area contributed by atoms with Crippen molar-refractivity contribution in [1.29, 1.82) is 0 Å². The van der Waals surface area contributed by atoms with Crippen molar-refractivity contribution in [2.75, 3.05) is 53.0 Å². The van der Waals surface area contributed by atoms with Crippen molar-refractivity contribution in [3.63, 3.8) is 0 Å². The Morgan fingerprint density at radius 3 is 2.19 bits per heavy atom.